The highest BCUT2D eigenvalue weighted by atomic mass is 15.2. The number of aromatic nitrogens is 2. The van der Waals surface area contributed by atoms with E-state index in [0.29, 0.717) is 11.5 Å². The minimum absolute atomic E-state index is 0.514. The number of nitrogens with one attached hydrogen (secondary N) is 1. The summed E-state index contributed by atoms with van der Waals surface area (Å²) in [6.45, 7) is 2.03. The minimum atomic E-state index is 0.514. The number of benzene rings is 2. The van der Waals surface area contributed by atoms with E-state index in [1.807, 2.05) is 36.4 Å². The van der Waals surface area contributed by atoms with Gasteiger partial charge in [0.1, 0.15) is 11.9 Å². The van der Waals surface area contributed by atoms with E-state index < -0.39 is 0 Å². The summed E-state index contributed by atoms with van der Waals surface area (Å²) >= 11 is 0. The average molecular weight is 355 g/mol. The van der Waals surface area contributed by atoms with Gasteiger partial charge in [-0.25, -0.2) is 4.98 Å². The Labute approximate surface area is 159 Å². The molecule has 0 radical (unpaired) electrons. The largest absolute Gasteiger partial charge is 0.356 e. The Morgan fingerprint density at radius 2 is 1.63 bits per heavy atom. The zero-order valence-corrected chi connectivity index (χ0v) is 15.1. The number of anilines is 3. The first-order valence-corrected chi connectivity index (χ1v) is 9.29. The van der Waals surface area contributed by atoms with E-state index in [2.05, 4.69) is 34.5 Å². The molecule has 5 nitrogen and oxygen atoms in total. The van der Waals surface area contributed by atoms with Crippen LogP contribution in [0.3, 0.4) is 0 Å². The Balaban J connectivity index is 1.74. The molecule has 134 valence electrons. The lowest BCUT2D eigenvalue weighted by Crippen LogP contribution is -2.30. The Bertz CT molecular complexity index is 956. The summed E-state index contributed by atoms with van der Waals surface area (Å²) in [5.41, 5.74) is 3.22. The van der Waals surface area contributed by atoms with Gasteiger partial charge in [-0.3, -0.25) is 0 Å². The van der Waals surface area contributed by atoms with Crippen molar-refractivity contribution in [2.45, 2.75) is 19.3 Å². The Morgan fingerprint density at radius 1 is 0.889 bits per heavy atom. The number of hydrogen-bond acceptors (Lipinski definition) is 5. The first-order valence-electron chi connectivity index (χ1n) is 9.29. The van der Waals surface area contributed by atoms with E-state index in [1.54, 1.807) is 6.07 Å². The van der Waals surface area contributed by atoms with Gasteiger partial charge in [0.25, 0.3) is 0 Å². The van der Waals surface area contributed by atoms with Gasteiger partial charge in [0.15, 0.2) is 0 Å². The second kappa shape index (κ2) is 7.88. The fourth-order valence-electron chi connectivity index (χ4n) is 3.34. The predicted molar refractivity (Wildman–Crippen MR) is 108 cm³/mol. The van der Waals surface area contributed by atoms with E-state index >= 15 is 0 Å². The van der Waals surface area contributed by atoms with E-state index in [4.69, 9.17) is 9.97 Å². The molecule has 0 amide bonds. The maximum Gasteiger partial charge on any atom is 0.229 e. The Morgan fingerprint density at radius 3 is 2.41 bits per heavy atom. The van der Waals surface area contributed by atoms with Crippen LogP contribution in [0.15, 0.2) is 60.7 Å². The monoisotopic (exact) mass is 355 g/mol. The third-order valence-electron chi connectivity index (χ3n) is 4.76. The van der Waals surface area contributed by atoms with Gasteiger partial charge in [0.05, 0.1) is 16.9 Å². The molecule has 1 fully saturated rings. The van der Waals surface area contributed by atoms with Gasteiger partial charge in [-0.2, -0.15) is 10.2 Å². The van der Waals surface area contributed by atoms with Crippen LogP contribution < -0.4 is 10.2 Å². The van der Waals surface area contributed by atoms with Crippen molar-refractivity contribution < 1.29 is 0 Å². The average Bonchev–Trinajstić information content (AvgIpc) is 2.75. The lowest BCUT2D eigenvalue weighted by atomic mass is 10.1. The van der Waals surface area contributed by atoms with E-state index in [9.17, 15) is 5.26 Å². The third-order valence-corrected chi connectivity index (χ3v) is 4.76. The van der Waals surface area contributed by atoms with Crippen molar-refractivity contribution in [2.75, 3.05) is 23.3 Å². The van der Waals surface area contributed by atoms with Crippen LogP contribution in [0.1, 0.15) is 24.8 Å². The highest BCUT2D eigenvalue weighted by Crippen LogP contribution is 2.27. The van der Waals surface area contributed by atoms with Crippen molar-refractivity contribution in [1.29, 1.82) is 5.26 Å². The van der Waals surface area contributed by atoms with E-state index in [1.165, 1.54) is 19.3 Å². The van der Waals surface area contributed by atoms with Crippen LogP contribution in [0.25, 0.3) is 11.3 Å². The van der Waals surface area contributed by atoms with Crippen LogP contribution in [0.2, 0.25) is 0 Å². The molecule has 4 rings (SSSR count). The van der Waals surface area contributed by atoms with Crippen molar-refractivity contribution in [3.63, 3.8) is 0 Å². The number of piperidine rings is 1. The van der Waals surface area contributed by atoms with Gasteiger partial charge in [-0.15, -0.1) is 0 Å². The molecule has 0 saturated carbocycles. The normalized spacial score (nSPS) is 13.8. The lowest BCUT2D eigenvalue weighted by molar-refractivity contribution is 0.573. The first-order chi connectivity index (χ1) is 13.3. The molecule has 1 aliphatic heterocycles. The lowest BCUT2D eigenvalue weighted by Gasteiger charge is -2.28. The summed E-state index contributed by atoms with van der Waals surface area (Å²) in [4.78, 5) is 11.8. The third kappa shape index (κ3) is 3.90. The maximum absolute atomic E-state index is 9.35. The molecule has 0 unspecified atom stereocenters. The SMILES string of the molecule is N#Cc1ccccc1Nc1nc(-c2ccccc2)cc(N2CCCCC2)n1. The maximum atomic E-state index is 9.35. The van der Waals surface area contributed by atoms with E-state index in [0.717, 1.165) is 35.9 Å². The van der Waals surface area contributed by atoms with Crippen LogP contribution in [0.4, 0.5) is 17.5 Å². The molecule has 27 heavy (non-hydrogen) atoms. The summed E-state index contributed by atoms with van der Waals surface area (Å²) in [6, 6.07) is 21.8. The summed E-state index contributed by atoms with van der Waals surface area (Å²) in [6.07, 6.45) is 3.64. The molecule has 3 aromatic rings. The zero-order chi connectivity index (χ0) is 18.5. The molecule has 1 aromatic heterocycles. The molecule has 1 saturated heterocycles. The van der Waals surface area contributed by atoms with Crippen LogP contribution in [0, 0.1) is 11.3 Å². The fourth-order valence-corrected chi connectivity index (χ4v) is 3.34. The molecule has 2 aromatic carbocycles. The van der Waals surface area contributed by atoms with E-state index in [-0.39, 0.29) is 0 Å². The molecule has 1 N–H and O–H groups in total. The Hall–Kier alpha value is -3.39. The van der Waals surface area contributed by atoms with Crippen LogP contribution in [-0.2, 0) is 0 Å². The summed E-state index contributed by atoms with van der Waals surface area (Å²) in [5, 5.41) is 12.6. The van der Waals surface area contributed by atoms with Gasteiger partial charge in [-0.05, 0) is 31.4 Å². The number of para-hydroxylation sites is 1. The van der Waals surface area contributed by atoms with Gasteiger partial charge < -0.3 is 10.2 Å². The zero-order valence-electron chi connectivity index (χ0n) is 15.1. The number of nitriles is 1. The second-order valence-corrected chi connectivity index (χ2v) is 6.63. The molecule has 0 spiro atoms. The van der Waals surface area contributed by atoms with Crippen molar-refractivity contribution in [2.24, 2.45) is 0 Å². The quantitative estimate of drug-likeness (QED) is 0.732. The number of nitrogens with zero attached hydrogens (tertiary/aromatic N) is 4. The van der Waals surface area contributed by atoms with Crippen molar-refractivity contribution in [3.05, 3.63) is 66.2 Å². The van der Waals surface area contributed by atoms with Crippen LogP contribution in [0.5, 0.6) is 0 Å². The number of hydrogen-bond donors (Lipinski definition) is 1. The molecule has 5 heteroatoms. The van der Waals surface area contributed by atoms with Gasteiger partial charge >= 0.3 is 0 Å². The van der Waals surface area contributed by atoms with Gasteiger partial charge in [0, 0.05) is 24.7 Å². The molecule has 0 atom stereocenters. The van der Waals surface area contributed by atoms with Crippen LogP contribution in [-0.4, -0.2) is 23.1 Å². The minimum Gasteiger partial charge on any atom is -0.356 e. The standard InChI is InChI=1S/C22H21N5/c23-16-18-11-5-6-12-19(18)24-22-25-20(17-9-3-1-4-10-17)15-21(26-22)27-13-7-2-8-14-27/h1,3-6,9-12,15H,2,7-8,13-14H2,(H,24,25,26). The molecule has 0 bridgehead atoms. The predicted octanol–water partition coefficient (Wildman–Crippen LogP) is 4.75. The van der Waals surface area contributed by atoms with Crippen molar-refractivity contribution in [1.82, 2.24) is 9.97 Å². The smallest absolute Gasteiger partial charge is 0.229 e. The summed E-state index contributed by atoms with van der Waals surface area (Å²) in [5.74, 6) is 1.44. The first kappa shape index (κ1) is 17.0. The molecule has 1 aliphatic rings. The molecular formula is C22H21N5. The summed E-state index contributed by atoms with van der Waals surface area (Å²) in [7, 11) is 0. The fraction of sp³-hybridized carbons (Fsp3) is 0.227. The highest BCUT2D eigenvalue weighted by Gasteiger charge is 2.16. The van der Waals surface area contributed by atoms with Gasteiger partial charge in [-0.1, -0.05) is 42.5 Å². The van der Waals surface area contributed by atoms with Crippen molar-refractivity contribution >= 4 is 17.5 Å². The molecule has 2 heterocycles. The molecular weight excluding hydrogens is 334 g/mol. The second-order valence-electron chi connectivity index (χ2n) is 6.63. The van der Waals surface area contributed by atoms with Crippen LogP contribution >= 0.6 is 0 Å². The number of rotatable bonds is 4. The topological polar surface area (TPSA) is 64.8 Å². The Kier molecular flexibility index (Phi) is 4.97. The van der Waals surface area contributed by atoms with Crippen molar-refractivity contribution in [3.8, 4) is 17.3 Å². The summed E-state index contributed by atoms with van der Waals surface area (Å²) < 4.78 is 0. The highest BCUT2D eigenvalue weighted by molar-refractivity contribution is 5.68. The van der Waals surface area contributed by atoms with Gasteiger partial charge in [0.2, 0.25) is 5.95 Å². The molecule has 0 aliphatic carbocycles.